The first-order chi connectivity index (χ1) is 12.6. The van der Waals surface area contributed by atoms with Crippen molar-refractivity contribution in [3.05, 3.63) is 90.0 Å². The van der Waals surface area contributed by atoms with Crippen LogP contribution in [0.4, 0.5) is 11.4 Å². The number of carbonyl (C=O) groups is 1. The first-order valence-electron chi connectivity index (χ1n) is 8.57. The Balaban J connectivity index is 1.71. The minimum atomic E-state index is -0.119. The van der Waals surface area contributed by atoms with Crippen molar-refractivity contribution in [2.24, 2.45) is 0 Å². The molecule has 0 heterocycles. The number of carbonyl (C=O) groups excluding carboxylic acids is 1. The predicted octanol–water partition coefficient (Wildman–Crippen LogP) is 5.05. The highest BCUT2D eigenvalue weighted by molar-refractivity contribution is 6.13. The number of nitrogens with one attached hydrogen (secondary N) is 1. The van der Waals surface area contributed by atoms with Crippen molar-refractivity contribution < 1.29 is 4.79 Å². The Labute approximate surface area is 153 Å². The van der Waals surface area contributed by atoms with Crippen LogP contribution in [-0.2, 0) is 0 Å². The molecule has 0 atom stereocenters. The second-order valence-corrected chi connectivity index (χ2v) is 6.65. The van der Waals surface area contributed by atoms with Crippen LogP contribution in [0.1, 0.15) is 21.5 Å². The summed E-state index contributed by atoms with van der Waals surface area (Å²) in [4.78, 5) is 15.0. The minimum absolute atomic E-state index is 0.119. The Hall–Kier alpha value is -3.33. The normalized spacial score (nSPS) is 11.7. The Morgan fingerprint density at radius 3 is 2.35 bits per heavy atom. The topological polar surface area (TPSA) is 32.3 Å². The summed E-state index contributed by atoms with van der Waals surface area (Å²) in [6.07, 6.45) is 0. The van der Waals surface area contributed by atoms with E-state index in [-0.39, 0.29) is 5.91 Å². The van der Waals surface area contributed by atoms with Crippen molar-refractivity contribution >= 4 is 22.9 Å². The Morgan fingerprint density at radius 1 is 0.885 bits per heavy atom. The van der Waals surface area contributed by atoms with Crippen molar-refractivity contribution in [1.29, 1.82) is 0 Å². The fraction of sp³-hybridized carbons (Fsp3) is 0.0870. The van der Waals surface area contributed by atoms with Crippen LogP contribution in [0.2, 0.25) is 0 Å². The smallest absolute Gasteiger partial charge is 0.256 e. The summed E-state index contributed by atoms with van der Waals surface area (Å²) < 4.78 is 0. The number of amides is 1. The van der Waals surface area contributed by atoms with Crippen molar-refractivity contribution in [2.45, 2.75) is 0 Å². The first kappa shape index (κ1) is 16.2. The maximum absolute atomic E-state index is 13.0. The summed E-state index contributed by atoms with van der Waals surface area (Å²) in [5.74, 6) is -0.119. The van der Waals surface area contributed by atoms with Crippen LogP contribution in [-0.4, -0.2) is 20.0 Å². The van der Waals surface area contributed by atoms with Gasteiger partial charge in [0.1, 0.15) is 0 Å². The average molecular weight is 340 g/mol. The van der Waals surface area contributed by atoms with Crippen molar-refractivity contribution in [3.63, 3.8) is 0 Å². The molecule has 0 fully saturated rings. The van der Waals surface area contributed by atoms with E-state index in [0.717, 1.165) is 39.2 Å². The van der Waals surface area contributed by atoms with Crippen LogP contribution in [0.25, 0.3) is 16.7 Å². The number of rotatable bonds is 3. The lowest BCUT2D eigenvalue weighted by atomic mass is 9.98. The third-order valence-corrected chi connectivity index (χ3v) is 4.77. The van der Waals surface area contributed by atoms with Gasteiger partial charge in [0.05, 0.1) is 0 Å². The molecule has 0 saturated carbocycles. The second-order valence-electron chi connectivity index (χ2n) is 6.65. The Kier molecular flexibility index (Phi) is 3.85. The molecule has 3 nitrogen and oxygen atoms in total. The predicted molar refractivity (Wildman–Crippen MR) is 109 cm³/mol. The maximum atomic E-state index is 13.0. The molecule has 128 valence electrons. The molecule has 1 aliphatic carbocycles. The van der Waals surface area contributed by atoms with E-state index in [1.54, 1.807) is 0 Å². The largest absolute Gasteiger partial charge is 0.378 e. The number of hydrogen-bond donors (Lipinski definition) is 1. The van der Waals surface area contributed by atoms with Gasteiger partial charge in [-0.25, -0.2) is 0 Å². The van der Waals surface area contributed by atoms with E-state index >= 15 is 0 Å². The van der Waals surface area contributed by atoms with Gasteiger partial charge in [0, 0.05) is 36.6 Å². The summed E-state index contributed by atoms with van der Waals surface area (Å²) in [5.41, 5.74) is 7.60. The minimum Gasteiger partial charge on any atom is -0.378 e. The van der Waals surface area contributed by atoms with Gasteiger partial charge in [0.2, 0.25) is 0 Å². The van der Waals surface area contributed by atoms with Crippen LogP contribution in [0.5, 0.6) is 0 Å². The van der Waals surface area contributed by atoms with Crippen LogP contribution in [0, 0.1) is 0 Å². The summed E-state index contributed by atoms with van der Waals surface area (Å²) in [6.45, 7) is 4.24. The third-order valence-electron chi connectivity index (χ3n) is 4.77. The van der Waals surface area contributed by atoms with E-state index in [1.807, 2.05) is 67.5 Å². The maximum Gasteiger partial charge on any atom is 0.256 e. The molecule has 3 aromatic carbocycles. The number of benzene rings is 3. The van der Waals surface area contributed by atoms with Gasteiger partial charge in [-0.3, -0.25) is 4.79 Å². The van der Waals surface area contributed by atoms with Gasteiger partial charge in [-0.15, -0.1) is 0 Å². The molecule has 1 N–H and O–H groups in total. The Bertz CT molecular complexity index is 1030. The van der Waals surface area contributed by atoms with Crippen LogP contribution < -0.4 is 10.2 Å². The van der Waals surface area contributed by atoms with Crippen LogP contribution in [0.15, 0.2) is 73.3 Å². The van der Waals surface area contributed by atoms with Gasteiger partial charge in [-0.1, -0.05) is 49.0 Å². The molecule has 0 unspecified atom stereocenters. The molecule has 4 rings (SSSR count). The van der Waals surface area contributed by atoms with Gasteiger partial charge in [0.25, 0.3) is 5.91 Å². The van der Waals surface area contributed by atoms with E-state index in [1.165, 1.54) is 0 Å². The average Bonchev–Trinajstić information content (AvgIpc) is 2.95. The Morgan fingerprint density at radius 2 is 1.58 bits per heavy atom. The monoisotopic (exact) mass is 340 g/mol. The molecular weight excluding hydrogens is 320 g/mol. The van der Waals surface area contributed by atoms with E-state index < -0.39 is 0 Å². The molecule has 3 heteroatoms. The van der Waals surface area contributed by atoms with E-state index in [2.05, 4.69) is 30.1 Å². The molecular formula is C23H20N2O. The van der Waals surface area contributed by atoms with Gasteiger partial charge in [-0.2, -0.15) is 0 Å². The molecule has 0 aliphatic heterocycles. The lowest BCUT2D eigenvalue weighted by Crippen LogP contribution is -2.15. The molecule has 0 bridgehead atoms. The molecule has 1 amide bonds. The number of fused-ring (bicyclic) bond motifs is 3. The number of hydrogen-bond acceptors (Lipinski definition) is 2. The third kappa shape index (κ3) is 2.58. The SMILES string of the molecule is C=C1c2ccccc2-c2cccc(C(=O)Nc3cccc(N(C)C)c3)c21. The van der Waals surface area contributed by atoms with Crippen LogP contribution >= 0.6 is 0 Å². The number of nitrogens with zero attached hydrogens (tertiary/aromatic N) is 1. The van der Waals surface area contributed by atoms with Gasteiger partial charge in [-0.05, 0) is 46.5 Å². The van der Waals surface area contributed by atoms with Crippen LogP contribution in [0.3, 0.4) is 0 Å². The zero-order valence-electron chi connectivity index (χ0n) is 14.9. The lowest BCUT2D eigenvalue weighted by Gasteiger charge is -2.15. The second kappa shape index (κ2) is 6.19. The standard InChI is InChI=1S/C23H20N2O/c1-15-18-10-4-5-11-19(18)20-12-7-13-21(22(15)20)23(26)24-16-8-6-9-17(14-16)25(2)3/h4-14H,1H2,2-3H3,(H,24,26). The van der Waals surface area contributed by atoms with E-state index in [9.17, 15) is 4.79 Å². The zero-order valence-corrected chi connectivity index (χ0v) is 14.9. The fourth-order valence-corrected chi connectivity index (χ4v) is 3.47. The fourth-order valence-electron chi connectivity index (χ4n) is 3.47. The van der Waals surface area contributed by atoms with E-state index in [4.69, 9.17) is 0 Å². The molecule has 26 heavy (non-hydrogen) atoms. The summed E-state index contributed by atoms with van der Waals surface area (Å²) in [7, 11) is 3.96. The highest BCUT2D eigenvalue weighted by atomic mass is 16.1. The molecule has 0 radical (unpaired) electrons. The highest BCUT2D eigenvalue weighted by Crippen LogP contribution is 2.44. The summed E-state index contributed by atoms with van der Waals surface area (Å²) in [6, 6.07) is 21.8. The zero-order chi connectivity index (χ0) is 18.3. The quantitative estimate of drug-likeness (QED) is 0.566. The van der Waals surface area contributed by atoms with Gasteiger partial charge in [0.15, 0.2) is 0 Å². The molecule has 3 aromatic rings. The molecule has 0 spiro atoms. The van der Waals surface area contributed by atoms with Gasteiger partial charge >= 0.3 is 0 Å². The molecule has 1 aliphatic rings. The number of anilines is 2. The lowest BCUT2D eigenvalue weighted by molar-refractivity contribution is 0.102. The van der Waals surface area contributed by atoms with Crippen molar-refractivity contribution in [1.82, 2.24) is 0 Å². The van der Waals surface area contributed by atoms with Crippen molar-refractivity contribution in [2.75, 3.05) is 24.3 Å². The summed E-state index contributed by atoms with van der Waals surface area (Å²) in [5, 5.41) is 3.02. The highest BCUT2D eigenvalue weighted by Gasteiger charge is 2.26. The first-order valence-corrected chi connectivity index (χ1v) is 8.57. The molecule has 0 saturated heterocycles. The van der Waals surface area contributed by atoms with E-state index in [0.29, 0.717) is 5.56 Å². The van der Waals surface area contributed by atoms with Crippen molar-refractivity contribution in [3.8, 4) is 11.1 Å². The van der Waals surface area contributed by atoms with Gasteiger partial charge < -0.3 is 10.2 Å². The summed E-state index contributed by atoms with van der Waals surface area (Å²) >= 11 is 0. The molecule has 0 aromatic heterocycles.